The van der Waals surface area contributed by atoms with Crippen molar-refractivity contribution in [2.24, 2.45) is 0 Å². The fourth-order valence-corrected chi connectivity index (χ4v) is 4.89. The number of hydrogen-bond donors (Lipinski definition) is 1. The summed E-state index contributed by atoms with van der Waals surface area (Å²) in [7, 11) is 0. The van der Waals surface area contributed by atoms with Gasteiger partial charge in [-0.15, -0.1) is 0 Å². The van der Waals surface area contributed by atoms with Crippen molar-refractivity contribution >= 4 is 28.5 Å². The summed E-state index contributed by atoms with van der Waals surface area (Å²) < 4.78 is 8.37. The number of imidazole rings is 1. The van der Waals surface area contributed by atoms with Gasteiger partial charge in [-0.1, -0.05) is 54.4 Å². The number of hydrogen-bond acceptors (Lipinski definition) is 3. The lowest BCUT2D eigenvalue weighted by atomic mass is 10.1. The first-order chi connectivity index (χ1) is 18.0. The van der Waals surface area contributed by atoms with E-state index in [-0.39, 0.29) is 5.91 Å². The Kier molecular flexibility index (Phi) is 9.61. The highest BCUT2D eigenvalue weighted by atomic mass is 35.5. The van der Waals surface area contributed by atoms with Crippen molar-refractivity contribution in [2.75, 3.05) is 13.2 Å². The summed E-state index contributed by atoms with van der Waals surface area (Å²) in [4.78, 5) is 17.1. The first-order valence-electron chi connectivity index (χ1n) is 13.1. The van der Waals surface area contributed by atoms with Gasteiger partial charge in [-0.3, -0.25) is 4.79 Å². The highest BCUT2D eigenvalue weighted by Crippen LogP contribution is 2.20. The minimum atomic E-state index is 0.0120. The first-order valence-corrected chi connectivity index (χ1v) is 13.5. The molecule has 0 atom stereocenters. The van der Waals surface area contributed by atoms with Crippen LogP contribution in [0.15, 0.2) is 66.7 Å². The zero-order chi connectivity index (χ0) is 26.0. The zero-order valence-corrected chi connectivity index (χ0v) is 22.6. The second kappa shape index (κ2) is 13.3. The molecule has 37 heavy (non-hydrogen) atoms. The van der Waals surface area contributed by atoms with Gasteiger partial charge in [0.2, 0.25) is 5.91 Å². The Hall–Kier alpha value is -3.31. The molecule has 1 aromatic heterocycles. The molecule has 0 unspecified atom stereocenters. The number of para-hydroxylation sites is 2. The topological polar surface area (TPSA) is 56.1 Å². The van der Waals surface area contributed by atoms with Crippen molar-refractivity contribution in [1.29, 1.82) is 0 Å². The lowest BCUT2D eigenvalue weighted by molar-refractivity contribution is -0.120. The van der Waals surface area contributed by atoms with E-state index in [2.05, 4.69) is 60.1 Å². The third kappa shape index (κ3) is 7.83. The molecule has 0 aliphatic rings. The summed E-state index contributed by atoms with van der Waals surface area (Å²) in [6.45, 7) is 6.41. The maximum atomic E-state index is 12.2. The molecule has 0 saturated carbocycles. The molecule has 1 N–H and O–H groups in total. The number of aryl methyl sites for hydroxylation is 4. The SMILES string of the molecule is Cc1cc(C)cc(OCCCn2c(CCCCCNC(=O)Cc3ccccc3Cl)nc3ccccc32)c1. The fourth-order valence-electron chi connectivity index (χ4n) is 4.68. The molecule has 4 rings (SSSR count). The Labute approximate surface area is 224 Å². The predicted octanol–water partition coefficient (Wildman–Crippen LogP) is 6.85. The van der Waals surface area contributed by atoms with Crippen molar-refractivity contribution in [3.63, 3.8) is 0 Å². The van der Waals surface area contributed by atoms with Crippen molar-refractivity contribution in [3.05, 3.63) is 94.3 Å². The van der Waals surface area contributed by atoms with Crippen LogP contribution >= 0.6 is 11.6 Å². The average Bonchev–Trinajstić information content (AvgIpc) is 3.22. The number of halogens is 1. The van der Waals surface area contributed by atoms with Gasteiger partial charge in [-0.2, -0.15) is 0 Å². The highest BCUT2D eigenvalue weighted by molar-refractivity contribution is 6.31. The molecule has 3 aromatic carbocycles. The molecule has 194 valence electrons. The molecule has 6 heteroatoms. The third-order valence-corrected chi connectivity index (χ3v) is 6.80. The van der Waals surface area contributed by atoms with Crippen molar-refractivity contribution in [3.8, 4) is 5.75 Å². The molecular weight excluding hydrogens is 482 g/mol. The van der Waals surface area contributed by atoms with Crippen LogP contribution in [0.25, 0.3) is 11.0 Å². The van der Waals surface area contributed by atoms with Crippen LogP contribution in [-0.2, 0) is 24.2 Å². The Morgan fingerprint density at radius 3 is 2.51 bits per heavy atom. The number of nitrogens with zero attached hydrogens (tertiary/aromatic N) is 2. The summed E-state index contributed by atoms with van der Waals surface area (Å²) >= 11 is 6.16. The van der Waals surface area contributed by atoms with Gasteiger partial charge in [0, 0.05) is 24.5 Å². The Balaban J connectivity index is 1.23. The molecule has 0 bridgehead atoms. The molecule has 0 fully saturated rings. The minimum Gasteiger partial charge on any atom is -0.494 e. The molecule has 0 aliphatic heterocycles. The highest BCUT2D eigenvalue weighted by Gasteiger charge is 2.11. The van der Waals surface area contributed by atoms with E-state index in [0.717, 1.165) is 61.3 Å². The third-order valence-electron chi connectivity index (χ3n) is 6.43. The van der Waals surface area contributed by atoms with Crippen molar-refractivity contribution in [1.82, 2.24) is 14.9 Å². The molecule has 0 spiro atoms. The normalized spacial score (nSPS) is 11.1. The number of rotatable bonds is 13. The Bertz CT molecular complexity index is 1310. The Morgan fingerprint density at radius 1 is 0.946 bits per heavy atom. The van der Waals surface area contributed by atoms with Gasteiger partial charge in [-0.25, -0.2) is 4.98 Å². The lowest BCUT2D eigenvalue weighted by Gasteiger charge is -2.11. The van der Waals surface area contributed by atoms with E-state index in [1.807, 2.05) is 30.3 Å². The standard InChI is InChI=1S/C31H36ClN3O2/c1-23-19-24(2)21-26(20-23)37-18-10-17-35-29-14-8-7-13-28(29)34-30(35)15-4-3-9-16-33-31(36)22-25-11-5-6-12-27(25)32/h5-8,11-14,19-21H,3-4,9-10,15-18,22H2,1-2H3,(H,33,36). The smallest absolute Gasteiger partial charge is 0.224 e. The maximum absolute atomic E-state index is 12.2. The summed E-state index contributed by atoms with van der Waals surface area (Å²) in [5, 5.41) is 3.65. The fraction of sp³-hybridized carbons (Fsp3) is 0.355. The number of carbonyl (C=O) groups excluding carboxylic acids is 1. The number of unbranched alkanes of at least 4 members (excludes halogenated alkanes) is 2. The summed E-state index contributed by atoms with van der Waals surface area (Å²) in [6, 6.07) is 22.2. The van der Waals surface area contributed by atoms with E-state index >= 15 is 0 Å². The predicted molar refractivity (Wildman–Crippen MR) is 151 cm³/mol. The monoisotopic (exact) mass is 517 g/mol. The van der Waals surface area contributed by atoms with Gasteiger partial charge < -0.3 is 14.6 Å². The van der Waals surface area contributed by atoms with Gasteiger partial charge in [-0.05, 0) is 80.1 Å². The molecule has 1 amide bonds. The van der Waals surface area contributed by atoms with E-state index in [0.29, 0.717) is 24.6 Å². The zero-order valence-electron chi connectivity index (χ0n) is 21.8. The van der Waals surface area contributed by atoms with E-state index in [4.69, 9.17) is 21.3 Å². The first kappa shape index (κ1) is 26.7. The lowest BCUT2D eigenvalue weighted by Crippen LogP contribution is -2.26. The van der Waals surface area contributed by atoms with Gasteiger partial charge in [0.25, 0.3) is 0 Å². The molecule has 5 nitrogen and oxygen atoms in total. The molecule has 1 heterocycles. The minimum absolute atomic E-state index is 0.0120. The van der Waals surface area contributed by atoms with E-state index in [1.54, 1.807) is 0 Å². The van der Waals surface area contributed by atoms with Crippen LogP contribution in [0.5, 0.6) is 5.75 Å². The summed E-state index contributed by atoms with van der Waals surface area (Å²) in [6.07, 6.45) is 5.15. The number of amides is 1. The van der Waals surface area contributed by atoms with Crippen LogP contribution in [0.3, 0.4) is 0 Å². The van der Waals surface area contributed by atoms with Gasteiger partial charge >= 0.3 is 0 Å². The number of benzene rings is 3. The molecular formula is C31H36ClN3O2. The Morgan fingerprint density at radius 2 is 1.70 bits per heavy atom. The number of carbonyl (C=O) groups is 1. The summed E-state index contributed by atoms with van der Waals surface area (Å²) in [5.74, 6) is 2.07. The molecule has 0 saturated heterocycles. The van der Waals surface area contributed by atoms with Crippen LogP contribution in [0.4, 0.5) is 0 Å². The number of nitrogens with one attached hydrogen (secondary N) is 1. The van der Waals surface area contributed by atoms with Crippen LogP contribution < -0.4 is 10.1 Å². The number of ether oxygens (including phenoxy) is 1. The second-order valence-electron chi connectivity index (χ2n) is 9.62. The second-order valence-corrected chi connectivity index (χ2v) is 10.0. The van der Waals surface area contributed by atoms with Gasteiger partial charge in [0.1, 0.15) is 11.6 Å². The van der Waals surface area contributed by atoms with Gasteiger partial charge in [0.15, 0.2) is 0 Å². The van der Waals surface area contributed by atoms with E-state index < -0.39 is 0 Å². The van der Waals surface area contributed by atoms with Crippen molar-refractivity contribution < 1.29 is 9.53 Å². The summed E-state index contributed by atoms with van der Waals surface area (Å²) in [5.41, 5.74) is 5.52. The quantitative estimate of drug-likeness (QED) is 0.197. The maximum Gasteiger partial charge on any atom is 0.224 e. The number of fused-ring (bicyclic) bond motifs is 1. The van der Waals surface area contributed by atoms with Gasteiger partial charge in [0.05, 0.1) is 24.1 Å². The van der Waals surface area contributed by atoms with Crippen LogP contribution in [0.1, 0.15) is 48.2 Å². The number of aromatic nitrogens is 2. The van der Waals surface area contributed by atoms with Crippen LogP contribution in [-0.4, -0.2) is 28.6 Å². The molecule has 0 radical (unpaired) electrons. The van der Waals surface area contributed by atoms with Crippen molar-refractivity contribution in [2.45, 2.75) is 58.9 Å². The largest absolute Gasteiger partial charge is 0.494 e. The van der Waals surface area contributed by atoms with Crippen LogP contribution in [0, 0.1) is 13.8 Å². The van der Waals surface area contributed by atoms with E-state index in [1.165, 1.54) is 16.6 Å². The average molecular weight is 518 g/mol. The van der Waals surface area contributed by atoms with Crippen LogP contribution in [0.2, 0.25) is 5.02 Å². The molecule has 0 aliphatic carbocycles. The molecule has 4 aromatic rings. The van der Waals surface area contributed by atoms with E-state index in [9.17, 15) is 4.79 Å².